The zero-order chi connectivity index (χ0) is 22.9. The first-order chi connectivity index (χ1) is 15.2. The van der Waals surface area contributed by atoms with Crippen LogP contribution in [-0.4, -0.2) is 17.6 Å². The van der Waals surface area contributed by atoms with Gasteiger partial charge < -0.3 is 9.64 Å². The number of carbonyl (C=O) groups is 2. The summed E-state index contributed by atoms with van der Waals surface area (Å²) in [6.07, 6.45) is -0.648. The van der Waals surface area contributed by atoms with Crippen LogP contribution in [0.5, 0.6) is 0 Å². The smallest absolute Gasteiger partial charge is 0.409 e. The summed E-state index contributed by atoms with van der Waals surface area (Å²) >= 11 is 3.46. The number of hydrogen-bond donors (Lipinski definition) is 1. The van der Waals surface area contributed by atoms with E-state index >= 15 is 0 Å². The molecule has 3 aromatic rings. The molecule has 1 aliphatic rings. The monoisotopic (exact) mass is 492 g/mol. The molecule has 1 heterocycles. The lowest BCUT2D eigenvalue weighted by Crippen LogP contribution is -2.54. The van der Waals surface area contributed by atoms with Gasteiger partial charge in [-0.1, -0.05) is 76.6 Å². The molecule has 3 aromatic carbocycles. The minimum atomic E-state index is -1.39. The highest BCUT2D eigenvalue weighted by atomic mass is 79.9. The topological polar surface area (TPSA) is 58.6 Å². The third-order valence-corrected chi connectivity index (χ3v) is 5.84. The van der Waals surface area contributed by atoms with Crippen molar-refractivity contribution in [2.45, 2.75) is 38.5 Å². The third-order valence-electron chi connectivity index (χ3n) is 5.31. The van der Waals surface area contributed by atoms with Crippen molar-refractivity contribution in [3.63, 3.8) is 0 Å². The predicted octanol–water partition coefficient (Wildman–Crippen LogP) is 5.76. The van der Waals surface area contributed by atoms with E-state index in [1.165, 1.54) is 0 Å². The molecule has 1 aliphatic heterocycles. The molecule has 0 radical (unpaired) electrons. The molecular weight excluding hydrogens is 468 g/mol. The van der Waals surface area contributed by atoms with Gasteiger partial charge in [0.25, 0.3) is 5.91 Å². The molecule has 0 aliphatic carbocycles. The molecule has 6 heteroatoms. The second-order valence-corrected chi connectivity index (χ2v) is 9.69. The van der Waals surface area contributed by atoms with E-state index in [0.29, 0.717) is 17.7 Å². The third kappa shape index (κ3) is 4.15. The number of nitrogens with zero attached hydrogens (tertiary/aromatic N) is 1. The van der Waals surface area contributed by atoms with E-state index in [9.17, 15) is 9.59 Å². The largest absolute Gasteiger partial charge is 0.444 e. The summed E-state index contributed by atoms with van der Waals surface area (Å²) in [5.41, 5.74) is 1.05. The van der Waals surface area contributed by atoms with Crippen molar-refractivity contribution in [3.05, 3.63) is 100 Å². The van der Waals surface area contributed by atoms with Crippen LogP contribution in [0.15, 0.2) is 83.3 Å². The van der Waals surface area contributed by atoms with Crippen LogP contribution in [0.25, 0.3) is 0 Å². The van der Waals surface area contributed by atoms with Gasteiger partial charge in [0.1, 0.15) is 5.60 Å². The normalized spacial score (nSPS) is 17.8. The van der Waals surface area contributed by atoms with Gasteiger partial charge in [-0.05, 0) is 50.1 Å². The fourth-order valence-electron chi connectivity index (χ4n) is 4.00. The second kappa shape index (κ2) is 8.43. The summed E-state index contributed by atoms with van der Waals surface area (Å²) in [6.45, 7) is 5.78. The Kier molecular flexibility index (Phi) is 5.82. The molecule has 5 nitrogen and oxygen atoms in total. The number of anilines is 1. The average molecular weight is 493 g/mol. The van der Waals surface area contributed by atoms with E-state index in [-0.39, 0.29) is 5.91 Å². The van der Waals surface area contributed by atoms with Crippen molar-refractivity contribution in [2.75, 3.05) is 4.90 Å². The van der Waals surface area contributed by atoms with Gasteiger partial charge >= 0.3 is 6.09 Å². The van der Waals surface area contributed by atoms with Gasteiger partial charge in [0.05, 0.1) is 12.2 Å². The van der Waals surface area contributed by atoms with Gasteiger partial charge in [0.2, 0.25) is 0 Å². The van der Waals surface area contributed by atoms with Crippen molar-refractivity contribution in [3.8, 4) is 0 Å². The fraction of sp³-hybridized carbons (Fsp3) is 0.231. The van der Waals surface area contributed by atoms with Gasteiger partial charge in [0.15, 0.2) is 5.54 Å². The second-order valence-electron chi connectivity index (χ2n) is 8.78. The average Bonchev–Trinajstić information content (AvgIpc) is 2.97. The van der Waals surface area contributed by atoms with Gasteiger partial charge in [-0.25, -0.2) is 4.79 Å². The standard InChI is InChI=1S/C26H25BrN2O3/c1-25(2,3)32-24(31)28-26(19-13-15-20(27)16-14-19)21-11-7-8-12-22(21)29(23(26)30)17-18-9-5-4-6-10-18/h4-16H,17H2,1-3H3,(H,28,31)/t26-/m1/s1. The molecule has 0 bridgehead atoms. The molecule has 0 saturated carbocycles. The van der Waals surface area contributed by atoms with Crippen LogP contribution in [-0.2, 0) is 21.6 Å². The Balaban J connectivity index is 1.85. The van der Waals surface area contributed by atoms with Crippen LogP contribution in [0.4, 0.5) is 10.5 Å². The Morgan fingerprint density at radius 1 is 0.969 bits per heavy atom. The number of para-hydroxylation sites is 1. The van der Waals surface area contributed by atoms with E-state index in [1.54, 1.807) is 25.7 Å². The van der Waals surface area contributed by atoms with E-state index in [1.807, 2.05) is 78.9 Å². The van der Waals surface area contributed by atoms with Crippen molar-refractivity contribution in [1.82, 2.24) is 5.32 Å². The quantitative estimate of drug-likeness (QED) is 0.503. The highest BCUT2D eigenvalue weighted by molar-refractivity contribution is 9.10. The van der Waals surface area contributed by atoms with Gasteiger partial charge in [-0.2, -0.15) is 0 Å². The summed E-state index contributed by atoms with van der Waals surface area (Å²) in [5.74, 6) is -0.226. The molecule has 0 aromatic heterocycles. The number of rotatable bonds is 4. The molecule has 1 atom stereocenters. The number of benzene rings is 3. The molecule has 4 rings (SSSR count). The van der Waals surface area contributed by atoms with Crippen LogP contribution >= 0.6 is 15.9 Å². The lowest BCUT2D eigenvalue weighted by Gasteiger charge is -2.32. The van der Waals surface area contributed by atoms with Crippen molar-refractivity contribution in [1.29, 1.82) is 0 Å². The molecule has 32 heavy (non-hydrogen) atoms. The van der Waals surface area contributed by atoms with E-state index in [2.05, 4.69) is 21.2 Å². The van der Waals surface area contributed by atoms with Crippen LogP contribution in [0, 0.1) is 0 Å². The van der Waals surface area contributed by atoms with Crippen LogP contribution < -0.4 is 10.2 Å². The van der Waals surface area contributed by atoms with E-state index < -0.39 is 17.2 Å². The summed E-state index contributed by atoms with van der Waals surface area (Å²) in [7, 11) is 0. The van der Waals surface area contributed by atoms with Crippen LogP contribution in [0.2, 0.25) is 0 Å². The molecule has 1 N–H and O–H groups in total. The van der Waals surface area contributed by atoms with Crippen molar-refractivity contribution < 1.29 is 14.3 Å². The van der Waals surface area contributed by atoms with Gasteiger partial charge in [-0.3, -0.25) is 10.1 Å². The minimum Gasteiger partial charge on any atom is -0.444 e. The van der Waals surface area contributed by atoms with E-state index in [4.69, 9.17) is 4.74 Å². The number of carbonyl (C=O) groups excluding carboxylic acids is 2. The zero-order valence-corrected chi connectivity index (χ0v) is 19.8. The number of hydrogen-bond acceptors (Lipinski definition) is 3. The Labute approximate surface area is 196 Å². The minimum absolute atomic E-state index is 0.226. The first-order valence-electron chi connectivity index (χ1n) is 10.4. The molecular formula is C26H25BrN2O3. The van der Waals surface area contributed by atoms with Gasteiger partial charge in [-0.15, -0.1) is 0 Å². The number of alkyl carbamates (subject to hydrolysis) is 1. The van der Waals surface area contributed by atoms with Crippen molar-refractivity contribution in [2.24, 2.45) is 0 Å². The first-order valence-corrected chi connectivity index (χ1v) is 11.2. The summed E-state index contributed by atoms with van der Waals surface area (Å²) in [6, 6.07) is 24.8. The number of ether oxygens (including phenoxy) is 1. The van der Waals surface area contributed by atoms with Crippen LogP contribution in [0.3, 0.4) is 0 Å². The Hall–Kier alpha value is -3.12. The Morgan fingerprint density at radius 3 is 2.25 bits per heavy atom. The predicted molar refractivity (Wildman–Crippen MR) is 128 cm³/mol. The van der Waals surface area contributed by atoms with E-state index in [0.717, 1.165) is 15.7 Å². The molecule has 164 valence electrons. The fourth-order valence-corrected chi connectivity index (χ4v) is 4.27. The maximum absolute atomic E-state index is 14.1. The Morgan fingerprint density at radius 2 is 1.59 bits per heavy atom. The summed E-state index contributed by atoms with van der Waals surface area (Å²) < 4.78 is 6.44. The van der Waals surface area contributed by atoms with Gasteiger partial charge in [0, 0.05) is 10.0 Å². The number of fused-ring (bicyclic) bond motifs is 1. The molecule has 0 fully saturated rings. The Bertz CT molecular complexity index is 1140. The number of amides is 2. The SMILES string of the molecule is CC(C)(C)OC(=O)N[C@@]1(c2ccc(Br)cc2)C(=O)N(Cc2ccccc2)c2ccccc21. The molecule has 0 unspecified atom stereocenters. The molecule has 0 spiro atoms. The highest BCUT2D eigenvalue weighted by Gasteiger charge is 2.53. The molecule has 0 saturated heterocycles. The maximum Gasteiger partial charge on any atom is 0.409 e. The lowest BCUT2D eigenvalue weighted by molar-refractivity contribution is -0.123. The van der Waals surface area contributed by atoms with Crippen molar-refractivity contribution >= 4 is 33.6 Å². The molecule has 2 amide bonds. The zero-order valence-electron chi connectivity index (χ0n) is 18.3. The summed E-state index contributed by atoms with van der Waals surface area (Å²) in [4.78, 5) is 28.8. The lowest BCUT2D eigenvalue weighted by atomic mass is 9.84. The van der Waals surface area contributed by atoms with Crippen LogP contribution in [0.1, 0.15) is 37.5 Å². The number of nitrogens with one attached hydrogen (secondary N) is 1. The summed E-state index contributed by atoms with van der Waals surface area (Å²) in [5, 5.41) is 2.94. The first kappa shape index (κ1) is 22.1. The number of halogens is 1. The maximum atomic E-state index is 14.1. The highest BCUT2D eigenvalue weighted by Crippen LogP contribution is 2.45.